The van der Waals surface area contributed by atoms with E-state index in [9.17, 15) is 13.2 Å². The van der Waals surface area contributed by atoms with Crippen molar-refractivity contribution in [3.63, 3.8) is 0 Å². The fourth-order valence-electron chi connectivity index (χ4n) is 4.14. The summed E-state index contributed by atoms with van der Waals surface area (Å²) in [5.41, 5.74) is 0.315. The number of carbonyl (C=O) groups is 1. The van der Waals surface area contributed by atoms with Gasteiger partial charge in [0.2, 0.25) is 15.9 Å². The van der Waals surface area contributed by atoms with Crippen LogP contribution in [0.1, 0.15) is 40.0 Å². The van der Waals surface area contributed by atoms with E-state index in [0.29, 0.717) is 31.3 Å². The average Bonchev–Trinajstić information content (AvgIpc) is 2.71. The van der Waals surface area contributed by atoms with Crippen molar-refractivity contribution < 1.29 is 13.2 Å². The Morgan fingerprint density at radius 1 is 1.00 bits per heavy atom. The third kappa shape index (κ3) is 6.14. The summed E-state index contributed by atoms with van der Waals surface area (Å²) in [4.78, 5) is 17.3. The summed E-state index contributed by atoms with van der Waals surface area (Å²) in [5, 5.41) is 0.241. The highest BCUT2D eigenvalue weighted by Crippen LogP contribution is 2.33. The highest BCUT2D eigenvalue weighted by atomic mass is 35.5. The van der Waals surface area contributed by atoms with Crippen molar-refractivity contribution in [2.75, 3.05) is 45.8 Å². The standard InChI is InChI=1S/C22H33Cl2N3O3S/c1-22(2,3)9-12-25-13-15-26(16-14-25)21(28)17-7-10-27(11-8-17)31(29,30)20-18(23)5-4-6-19(20)24/h4-6,17H,7-16H2,1-3H3. The van der Waals surface area contributed by atoms with Crippen molar-refractivity contribution in [1.82, 2.24) is 14.1 Å². The maximum absolute atomic E-state index is 13.0. The maximum Gasteiger partial charge on any atom is 0.246 e. The van der Waals surface area contributed by atoms with Crippen LogP contribution in [0.15, 0.2) is 23.1 Å². The van der Waals surface area contributed by atoms with Gasteiger partial charge in [-0.3, -0.25) is 9.69 Å². The Balaban J connectivity index is 1.53. The summed E-state index contributed by atoms with van der Waals surface area (Å²) in [6.07, 6.45) is 2.18. The van der Waals surface area contributed by atoms with Crippen molar-refractivity contribution in [2.45, 2.75) is 44.9 Å². The van der Waals surface area contributed by atoms with E-state index in [2.05, 4.69) is 25.7 Å². The lowest BCUT2D eigenvalue weighted by atomic mass is 9.92. The van der Waals surface area contributed by atoms with Gasteiger partial charge in [-0.15, -0.1) is 0 Å². The lowest BCUT2D eigenvalue weighted by Crippen LogP contribution is -2.52. The van der Waals surface area contributed by atoms with Crippen LogP contribution in [0.5, 0.6) is 0 Å². The molecular weight excluding hydrogens is 457 g/mol. The molecular formula is C22H33Cl2N3O3S. The zero-order valence-corrected chi connectivity index (χ0v) is 20.9. The van der Waals surface area contributed by atoms with Gasteiger partial charge in [-0.2, -0.15) is 4.31 Å². The number of hydrogen-bond donors (Lipinski definition) is 0. The number of piperidine rings is 1. The number of carbonyl (C=O) groups excluding carboxylic acids is 1. The number of amides is 1. The number of sulfonamides is 1. The van der Waals surface area contributed by atoms with Crippen LogP contribution in [0.4, 0.5) is 0 Å². The minimum absolute atomic E-state index is 0.0468. The first-order valence-electron chi connectivity index (χ1n) is 10.9. The van der Waals surface area contributed by atoms with Crippen molar-refractivity contribution in [3.8, 4) is 0 Å². The van der Waals surface area contributed by atoms with Crippen LogP contribution >= 0.6 is 23.2 Å². The quantitative estimate of drug-likeness (QED) is 0.627. The summed E-state index contributed by atoms with van der Waals surface area (Å²) in [5.74, 6) is 0.0255. The SMILES string of the molecule is CC(C)(C)CCN1CCN(C(=O)C2CCN(S(=O)(=O)c3c(Cl)cccc3Cl)CC2)CC1. The lowest BCUT2D eigenvalue weighted by molar-refractivity contribution is -0.138. The second-order valence-corrected chi connectivity index (χ2v) is 12.4. The van der Waals surface area contributed by atoms with Crippen LogP contribution in [-0.2, 0) is 14.8 Å². The summed E-state index contributed by atoms with van der Waals surface area (Å²) in [7, 11) is -3.79. The van der Waals surface area contributed by atoms with Crippen molar-refractivity contribution in [3.05, 3.63) is 28.2 Å². The van der Waals surface area contributed by atoms with Crippen LogP contribution < -0.4 is 0 Å². The molecule has 0 saturated carbocycles. The number of benzene rings is 1. The highest BCUT2D eigenvalue weighted by Gasteiger charge is 2.36. The van der Waals surface area contributed by atoms with Crippen LogP contribution in [0.2, 0.25) is 10.0 Å². The Hall–Kier alpha value is -0.860. The molecule has 0 spiro atoms. The summed E-state index contributed by atoms with van der Waals surface area (Å²) < 4.78 is 27.5. The molecule has 2 saturated heterocycles. The third-order valence-corrected chi connectivity index (χ3v) is 9.04. The normalized spacial score (nSPS) is 20.2. The summed E-state index contributed by atoms with van der Waals surface area (Å²) >= 11 is 12.2. The van der Waals surface area contributed by atoms with Gasteiger partial charge in [0.05, 0.1) is 10.0 Å². The molecule has 2 heterocycles. The van der Waals surface area contributed by atoms with Gasteiger partial charge in [0.25, 0.3) is 0 Å². The highest BCUT2D eigenvalue weighted by molar-refractivity contribution is 7.89. The molecule has 0 atom stereocenters. The summed E-state index contributed by atoms with van der Waals surface area (Å²) in [6, 6.07) is 4.67. The van der Waals surface area contributed by atoms with E-state index < -0.39 is 10.0 Å². The fourth-order valence-corrected chi connectivity index (χ4v) is 6.71. The summed E-state index contributed by atoms with van der Waals surface area (Å²) in [6.45, 7) is 11.7. The van der Waals surface area contributed by atoms with E-state index in [1.807, 2.05) is 4.90 Å². The Morgan fingerprint density at radius 2 is 1.55 bits per heavy atom. The smallest absolute Gasteiger partial charge is 0.246 e. The first-order chi connectivity index (χ1) is 14.5. The molecule has 1 aromatic rings. The number of piperazine rings is 1. The largest absolute Gasteiger partial charge is 0.340 e. The number of hydrogen-bond acceptors (Lipinski definition) is 4. The monoisotopic (exact) mass is 489 g/mol. The number of nitrogens with zero attached hydrogens (tertiary/aromatic N) is 3. The first kappa shape index (κ1) is 24.8. The molecule has 174 valence electrons. The minimum Gasteiger partial charge on any atom is -0.340 e. The lowest BCUT2D eigenvalue weighted by Gasteiger charge is -2.39. The van der Waals surface area contributed by atoms with Crippen LogP contribution in [0.25, 0.3) is 0 Å². The van der Waals surface area contributed by atoms with Gasteiger partial charge in [-0.1, -0.05) is 50.0 Å². The van der Waals surface area contributed by atoms with E-state index in [1.165, 1.54) is 16.4 Å². The van der Waals surface area contributed by atoms with E-state index >= 15 is 0 Å². The van der Waals surface area contributed by atoms with Crippen molar-refractivity contribution in [2.24, 2.45) is 11.3 Å². The Kier molecular flexibility index (Phi) is 7.96. The second-order valence-electron chi connectivity index (χ2n) is 9.71. The van der Waals surface area contributed by atoms with Crippen LogP contribution in [0.3, 0.4) is 0 Å². The zero-order chi connectivity index (χ0) is 22.8. The number of halogens is 2. The van der Waals surface area contributed by atoms with Crippen LogP contribution in [0, 0.1) is 11.3 Å². The fraction of sp³-hybridized carbons (Fsp3) is 0.682. The molecule has 9 heteroatoms. The first-order valence-corrected chi connectivity index (χ1v) is 13.1. The van der Waals surface area contributed by atoms with Gasteiger partial charge >= 0.3 is 0 Å². The van der Waals surface area contributed by atoms with Gasteiger partial charge in [-0.25, -0.2) is 8.42 Å². The minimum atomic E-state index is -3.79. The maximum atomic E-state index is 13.0. The molecule has 6 nitrogen and oxygen atoms in total. The molecule has 0 bridgehead atoms. The van der Waals surface area contributed by atoms with E-state index in [-0.39, 0.29) is 26.8 Å². The van der Waals surface area contributed by atoms with Gasteiger partial charge in [-0.05, 0) is 43.4 Å². The average molecular weight is 490 g/mol. The molecule has 0 unspecified atom stereocenters. The molecule has 3 rings (SSSR count). The van der Waals surface area contributed by atoms with E-state index in [1.54, 1.807) is 6.07 Å². The topological polar surface area (TPSA) is 60.9 Å². The van der Waals surface area contributed by atoms with Gasteiger partial charge < -0.3 is 4.90 Å². The predicted octanol–water partition coefficient (Wildman–Crippen LogP) is 3.97. The molecule has 1 amide bonds. The molecule has 31 heavy (non-hydrogen) atoms. The molecule has 2 fully saturated rings. The van der Waals surface area contributed by atoms with Gasteiger partial charge in [0.15, 0.2) is 0 Å². The molecule has 0 radical (unpaired) electrons. The van der Waals surface area contributed by atoms with Gasteiger partial charge in [0, 0.05) is 45.2 Å². The molecule has 0 aromatic heterocycles. The Bertz CT molecular complexity index is 866. The third-order valence-electron chi connectivity index (χ3n) is 6.18. The Morgan fingerprint density at radius 3 is 2.06 bits per heavy atom. The van der Waals surface area contributed by atoms with E-state index in [0.717, 1.165) is 39.1 Å². The van der Waals surface area contributed by atoms with Crippen molar-refractivity contribution >= 4 is 39.1 Å². The van der Waals surface area contributed by atoms with Crippen molar-refractivity contribution in [1.29, 1.82) is 0 Å². The molecule has 0 aliphatic carbocycles. The van der Waals surface area contributed by atoms with Gasteiger partial charge in [0.1, 0.15) is 4.90 Å². The predicted molar refractivity (Wildman–Crippen MR) is 125 cm³/mol. The molecule has 2 aliphatic rings. The molecule has 1 aromatic carbocycles. The number of rotatable bonds is 5. The molecule has 0 N–H and O–H groups in total. The zero-order valence-electron chi connectivity index (χ0n) is 18.6. The second kappa shape index (κ2) is 9.96. The van der Waals surface area contributed by atoms with E-state index in [4.69, 9.17) is 23.2 Å². The molecule has 2 aliphatic heterocycles. The Labute approximate surface area is 196 Å². The van der Waals surface area contributed by atoms with Crippen LogP contribution in [-0.4, -0.2) is 74.2 Å².